The predicted molar refractivity (Wildman–Crippen MR) is 148 cm³/mol. The van der Waals surface area contributed by atoms with Crippen LogP contribution in [0.2, 0.25) is 0 Å². The Kier molecular flexibility index (Phi) is 8.95. The van der Waals surface area contributed by atoms with E-state index in [1.807, 2.05) is 55.2 Å². The number of nitrogens with one attached hydrogen (secondary N) is 2. The Balaban J connectivity index is 1.65. The highest BCUT2D eigenvalue weighted by Gasteiger charge is 2.24. The molecule has 0 saturated heterocycles. The highest BCUT2D eigenvalue weighted by atomic mass is 16.5. The molecule has 1 atom stereocenters. The van der Waals surface area contributed by atoms with Crippen LogP contribution >= 0.6 is 0 Å². The molecule has 2 N–H and O–H groups in total. The number of carbonyl (C=O) groups is 1. The second-order valence-electron chi connectivity index (χ2n) is 9.32. The van der Waals surface area contributed by atoms with Gasteiger partial charge in [0.05, 0.1) is 30.1 Å². The van der Waals surface area contributed by atoms with Crippen LogP contribution in [0.4, 0.5) is 11.5 Å². The predicted octanol–water partition coefficient (Wildman–Crippen LogP) is 5.40. The number of aromatic nitrogens is 2. The number of likely N-dealkylation sites (N-methyl/N-ethyl adjacent to an activating group) is 1. The number of allylic oxidation sites excluding steroid dienone is 1. The summed E-state index contributed by atoms with van der Waals surface area (Å²) in [5.74, 6) is 1.69. The van der Waals surface area contributed by atoms with Crippen molar-refractivity contribution < 1.29 is 14.3 Å². The number of ether oxygens (including phenoxy) is 2. The molecule has 0 aliphatic heterocycles. The van der Waals surface area contributed by atoms with Crippen LogP contribution in [0.1, 0.15) is 45.2 Å². The standard InChI is InChI=1S/C29H37N5O3/c1-5-26(34(6-2)14-15-36-4)29(35)33-25-16-23-24(17-27(25)37-18-21-12-13-21)30-19-31-28(23)32-20(3)22-10-8-7-9-11-22/h5,7-11,16-17,19-21H,6,12-15,18H2,1-4H3,(H,33,35)(H,30,31,32). The van der Waals surface area contributed by atoms with Crippen LogP contribution in [-0.4, -0.2) is 54.2 Å². The van der Waals surface area contributed by atoms with Gasteiger partial charge < -0.3 is 25.0 Å². The van der Waals surface area contributed by atoms with Crippen LogP contribution in [0.25, 0.3) is 10.9 Å². The summed E-state index contributed by atoms with van der Waals surface area (Å²) < 4.78 is 11.4. The van der Waals surface area contributed by atoms with Crippen molar-refractivity contribution in [3.63, 3.8) is 0 Å². The van der Waals surface area contributed by atoms with E-state index < -0.39 is 0 Å². The summed E-state index contributed by atoms with van der Waals surface area (Å²) in [7, 11) is 1.66. The summed E-state index contributed by atoms with van der Waals surface area (Å²) in [4.78, 5) is 24.5. The maximum absolute atomic E-state index is 13.4. The third-order valence-corrected chi connectivity index (χ3v) is 6.60. The molecule has 0 spiro atoms. The summed E-state index contributed by atoms with van der Waals surface area (Å²) in [5, 5.41) is 7.42. The summed E-state index contributed by atoms with van der Waals surface area (Å²) in [6, 6.07) is 14.1. The minimum absolute atomic E-state index is 0.0386. The van der Waals surface area contributed by atoms with E-state index in [4.69, 9.17) is 9.47 Å². The lowest BCUT2D eigenvalue weighted by Gasteiger charge is -2.25. The number of nitrogens with zero attached hydrogens (tertiary/aromatic N) is 3. The molecule has 0 bridgehead atoms. The van der Waals surface area contributed by atoms with Gasteiger partial charge >= 0.3 is 0 Å². The molecule has 8 heteroatoms. The molecule has 2 aromatic carbocycles. The van der Waals surface area contributed by atoms with E-state index in [-0.39, 0.29) is 11.9 Å². The van der Waals surface area contributed by atoms with Crippen molar-refractivity contribution in [2.75, 3.05) is 44.0 Å². The first-order chi connectivity index (χ1) is 18.0. The molecule has 4 rings (SSSR count). The average molecular weight is 504 g/mol. The molecular formula is C29H37N5O3. The minimum Gasteiger partial charge on any atom is -0.491 e. The summed E-state index contributed by atoms with van der Waals surface area (Å²) in [6.45, 7) is 8.47. The molecule has 8 nitrogen and oxygen atoms in total. The highest BCUT2D eigenvalue weighted by molar-refractivity contribution is 6.06. The first kappa shape index (κ1) is 26.4. The van der Waals surface area contributed by atoms with Crippen molar-refractivity contribution in [3.8, 4) is 5.75 Å². The molecule has 196 valence electrons. The number of hydrogen-bond acceptors (Lipinski definition) is 7. The molecule has 1 unspecified atom stereocenters. The summed E-state index contributed by atoms with van der Waals surface area (Å²) in [6.07, 6.45) is 5.74. The molecule has 1 aromatic heterocycles. The number of rotatable bonds is 13. The fourth-order valence-electron chi connectivity index (χ4n) is 4.23. The van der Waals surface area contributed by atoms with Crippen LogP contribution in [0.15, 0.2) is 60.6 Å². The fourth-order valence-corrected chi connectivity index (χ4v) is 4.23. The first-order valence-electron chi connectivity index (χ1n) is 13.0. The second kappa shape index (κ2) is 12.5. The molecule has 1 aliphatic rings. The van der Waals surface area contributed by atoms with Gasteiger partial charge in [-0.3, -0.25) is 4.79 Å². The Labute approximate surface area is 219 Å². The second-order valence-corrected chi connectivity index (χ2v) is 9.32. The van der Waals surface area contributed by atoms with Crippen molar-refractivity contribution in [2.45, 2.75) is 39.7 Å². The lowest BCUT2D eigenvalue weighted by atomic mass is 10.1. The van der Waals surface area contributed by atoms with E-state index in [1.165, 1.54) is 12.8 Å². The fraction of sp³-hybridized carbons (Fsp3) is 0.414. The SMILES string of the molecule is CC=C(C(=O)Nc1cc2c(NC(C)c3ccccc3)ncnc2cc1OCC1CC1)N(CC)CCOC. The van der Waals surface area contributed by atoms with Crippen LogP contribution in [0.5, 0.6) is 5.75 Å². The van der Waals surface area contributed by atoms with Crippen molar-refractivity contribution in [1.82, 2.24) is 14.9 Å². The van der Waals surface area contributed by atoms with Gasteiger partial charge in [-0.2, -0.15) is 0 Å². The largest absolute Gasteiger partial charge is 0.491 e. The zero-order chi connectivity index (χ0) is 26.2. The van der Waals surface area contributed by atoms with E-state index in [2.05, 4.69) is 39.7 Å². The van der Waals surface area contributed by atoms with Crippen molar-refractivity contribution >= 4 is 28.3 Å². The number of anilines is 2. The van der Waals surface area contributed by atoms with Crippen molar-refractivity contribution in [2.24, 2.45) is 5.92 Å². The molecule has 1 heterocycles. The molecule has 1 saturated carbocycles. The third kappa shape index (κ3) is 6.77. The van der Waals surface area contributed by atoms with E-state index in [9.17, 15) is 4.79 Å². The number of amides is 1. The van der Waals surface area contributed by atoms with E-state index >= 15 is 0 Å². The van der Waals surface area contributed by atoms with Gasteiger partial charge in [-0.15, -0.1) is 0 Å². The quantitative estimate of drug-likeness (QED) is 0.302. The maximum Gasteiger partial charge on any atom is 0.271 e. The molecule has 37 heavy (non-hydrogen) atoms. The Hall–Kier alpha value is -3.65. The first-order valence-corrected chi connectivity index (χ1v) is 13.0. The van der Waals surface area contributed by atoms with Gasteiger partial charge in [0.25, 0.3) is 5.91 Å². The average Bonchev–Trinajstić information content (AvgIpc) is 3.75. The lowest BCUT2D eigenvalue weighted by molar-refractivity contribution is -0.114. The molecule has 1 amide bonds. The molecule has 1 fully saturated rings. The summed E-state index contributed by atoms with van der Waals surface area (Å²) in [5.41, 5.74) is 3.10. The Morgan fingerprint density at radius 1 is 1.22 bits per heavy atom. The monoisotopic (exact) mass is 503 g/mol. The molecule has 3 aromatic rings. The molecule has 1 aliphatic carbocycles. The number of carbonyl (C=O) groups excluding carboxylic acids is 1. The molecular weight excluding hydrogens is 466 g/mol. The van der Waals surface area contributed by atoms with Crippen LogP contribution in [0, 0.1) is 5.92 Å². The lowest BCUT2D eigenvalue weighted by Crippen LogP contribution is -2.33. The van der Waals surface area contributed by atoms with E-state index in [1.54, 1.807) is 13.4 Å². The Bertz CT molecular complexity index is 1230. The third-order valence-electron chi connectivity index (χ3n) is 6.60. The van der Waals surface area contributed by atoms with Gasteiger partial charge in [-0.05, 0) is 51.2 Å². The molecule has 0 radical (unpaired) electrons. The van der Waals surface area contributed by atoms with Gasteiger partial charge in [0, 0.05) is 37.7 Å². The van der Waals surface area contributed by atoms with Crippen LogP contribution in [0.3, 0.4) is 0 Å². The zero-order valence-electron chi connectivity index (χ0n) is 22.2. The Morgan fingerprint density at radius 3 is 2.68 bits per heavy atom. The van der Waals surface area contributed by atoms with Crippen LogP contribution in [-0.2, 0) is 9.53 Å². The minimum atomic E-state index is -0.194. The Morgan fingerprint density at radius 2 is 2.00 bits per heavy atom. The number of methoxy groups -OCH3 is 1. The van der Waals surface area contributed by atoms with E-state index in [0.29, 0.717) is 55.2 Å². The van der Waals surface area contributed by atoms with Gasteiger partial charge in [0.2, 0.25) is 0 Å². The van der Waals surface area contributed by atoms with Gasteiger partial charge in [0.15, 0.2) is 0 Å². The highest BCUT2D eigenvalue weighted by Crippen LogP contribution is 2.36. The maximum atomic E-state index is 13.4. The van der Waals surface area contributed by atoms with Crippen molar-refractivity contribution in [3.05, 3.63) is 66.1 Å². The van der Waals surface area contributed by atoms with Gasteiger partial charge in [-0.1, -0.05) is 36.4 Å². The van der Waals surface area contributed by atoms with Crippen molar-refractivity contribution in [1.29, 1.82) is 0 Å². The van der Waals surface area contributed by atoms with E-state index in [0.717, 1.165) is 16.5 Å². The number of benzene rings is 2. The zero-order valence-corrected chi connectivity index (χ0v) is 22.2. The number of fused-ring (bicyclic) bond motifs is 1. The van der Waals surface area contributed by atoms with Crippen LogP contribution < -0.4 is 15.4 Å². The normalized spacial score (nSPS) is 14.3. The summed E-state index contributed by atoms with van der Waals surface area (Å²) >= 11 is 0. The number of hydrogen-bond donors (Lipinski definition) is 2. The smallest absolute Gasteiger partial charge is 0.271 e. The van der Waals surface area contributed by atoms with Gasteiger partial charge in [0.1, 0.15) is 17.9 Å². The van der Waals surface area contributed by atoms with Gasteiger partial charge in [-0.25, -0.2) is 9.97 Å². The topological polar surface area (TPSA) is 88.6 Å².